The molecule has 4 N–H and O–H groups in total. The van der Waals surface area contributed by atoms with Crippen molar-refractivity contribution >= 4 is 30.6 Å². The van der Waals surface area contributed by atoms with Gasteiger partial charge in [0.2, 0.25) is 0 Å². The van der Waals surface area contributed by atoms with Gasteiger partial charge in [0.05, 0.1) is 11.6 Å². The summed E-state index contributed by atoms with van der Waals surface area (Å²) >= 11 is 0. The maximum atomic E-state index is 11.6. The van der Waals surface area contributed by atoms with Gasteiger partial charge < -0.3 is 16.2 Å². The maximum Gasteiger partial charge on any atom is 0.154 e. The van der Waals surface area contributed by atoms with Crippen molar-refractivity contribution in [1.82, 2.24) is 0 Å². The van der Waals surface area contributed by atoms with Crippen LogP contribution in [0.5, 0.6) is 0 Å². The third-order valence-electron chi connectivity index (χ3n) is 3.56. The van der Waals surface area contributed by atoms with E-state index in [-0.39, 0.29) is 36.7 Å². The molecule has 3 aliphatic rings. The first-order chi connectivity index (χ1) is 6.00. The molecular formula is C9H18Cl2N2O2. The highest BCUT2D eigenvalue weighted by Gasteiger charge is 2.56. The molecule has 0 heterocycles. The van der Waals surface area contributed by atoms with E-state index in [9.17, 15) is 4.79 Å². The molecule has 0 aromatic heterocycles. The zero-order valence-electron chi connectivity index (χ0n) is 8.69. The molecule has 1 unspecified atom stereocenters. The van der Waals surface area contributed by atoms with Crippen molar-refractivity contribution < 1.29 is 9.53 Å². The molecule has 15 heavy (non-hydrogen) atoms. The lowest BCUT2D eigenvalue weighted by atomic mass is 9.60. The summed E-state index contributed by atoms with van der Waals surface area (Å²) in [5.41, 5.74) is 11.0. The van der Waals surface area contributed by atoms with E-state index in [0.29, 0.717) is 19.3 Å². The Morgan fingerprint density at radius 2 is 1.93 bits per heavy atom. The van der Waals surface area contributed by atoms with Gasteiger partial charge in [-0.15, -0.1) is 24.8 Å². The van der Waals surface area contributed by atoms with Crippen LogP contribution >= 0.6 is 24.8 Å². The Morgan fingerprint density at radius 3 is 2.40 bits per heavy atom. The second-order valence-electron chi connectivity index (χ2n) is 4.42. The van der Waals surface area contributed by atoms with E-state index in [0.717, 1.165) is 6.42 Å². The van der Waals surface area contributed by atoms with Crippen LogP contribution in [-0.2, 0) is 9.53 Å². The van der Waals surface area contributed by atoms with Crippen LogP contribution in [-0.4, -0.2) is 30.1 Å². The van der Waals surface area contributed by atoms with Gasteiger partial charge in [0.25, 0.3) is 0 Å². The number of hydrogen-bond donors (Lipinski definition) is 2. The van der Waals surface area contributed by atoms with Gasteiger partial charge in [0.1, 0.15) is 0 Å². The molecule has 0 spiro atoms. The Labute approximate surface area is 102 Å². The number of methoxy groups -OCH3 is 1. The molecule has 90 valence electrons. The number of halogens is 2. The monoisotopic (exact) mass is 256 g/mol. The average molecular weight is 257 g/mol. The molecule has 3 aliphatic carbocycles. The van der Waals surface area contributed by atoms with Gasteiger partial charge in [-0.1, -0.05) is 0 Å². The van der Waals surface area contributed by atoms with Crippen molar-refractivity contribution in [3.05, 3.63) is 0 Å². The van der Waals surface area contributed by atoms with E-state index in [1.807, 2.05) is 0 Å². The summed E-state index contributed by atoms with van der Waals surface area (Å²) in [5, 5.41) is 0. The minimum Gasteiger partial charge on any atom is -0.379 e. The number of hydrogen-bond acceptors (Lipinski definition) is 4. The lowest BCUT2D eigenvalue weighted by molar-refractivity contribution is -0.141. The van der Waals surface area contributed by atoms with Crippen LogP contribution < -0.4 is 11.5 Å². The van der Waals surface area contributed by atoms with Gasteiger partial charge in [-0.3, -0.25) is 4.79 Å². The fourth-order valence-electron chi connectivity index (χ4n) is 2.50. The molecule has 0 aliphatic heterocycles. The number of Topliss-reactive ketones (excluding diaryl/α,β-unsaturated/α-hetero) is 1. The van der Waals surface area contributed by atoms with Crippen LogP contribution in [0.25, 0.3) is 0 Å². The van der Waals surface area contributed by atoms with Crippen LogP contribution in [0.1, 0.15) is 25.7 Å². The Morgan fingerprint density at radius 1 is 1.33 bits per heavy atom. The molecule has 4 nitrogen and oxygen atoms in total. The smallest absolute Gasteiger partial charge is 0.154 e. The molecular weight excluding hydrogens is 239 g/mol. The molecule has 3 fully saturated rings. The minimum atomic E-state index is -0.651. The second-order valence-corrected chi connectivity index (χ2v) is 4.42. The van der Waals surface area contributed by atoms with Crippen molar-refractivity contribution in [3.8, 4) is 0 Å². The lowest BCUT2D eigenvalue weighted by Crippen LogP contribution is -2.71. The standard InChI is InChI=1S/C9H16N2O2.2ClH/c1-13-7-5-8(10)2-3-9(7,11)4-6(8)12;;/h7H,2-5,10-11H2,1H3;2*1H/t7-,8?,9+;;/m0../s1. The summed E-state index contributed by atoms with van der Waals surface area (Å²) < 4.78 is 5.28. The van der Waals surface area contributed by atoms with E-state index in [1.165, 1.54) is 0 Å². The fraction of sp³-hybridized carbons (Fsp3) is 0.889. The predicted molar refractivity (Wildman–Crippen MR) is 62.6 cm³/mol. The average Bonchev–Trinajstić information content (AvgIpc) is 2.08. The zero-order valence-corrected chi connectivity index (χ0v) is 10.3. The van der Waals surface area contributed by atoms with E-state index >= 15 is 0 Å². The summed E-state index contributed by atoms with van der Waals surface area (Å²) in [5.74, 6) is 0.106. The molecule has 3 rings (SSSR count). The molecule has 0 radical (unpaired) electrons. The molecule has 0 amide bonds. The van der Waals surface area contributed by atoms with Gasteiger partial charge in [-0.25, -0.2) is 0 Å². The first kappa shape index (κ1) is 15.1. The number of carbonyl (C=O) groups is 1. The SMILES string of the molecule is CO[C@H]1CC2(N)CC[C@@]1(N)CC2=O.Cl.Cl. The van der Waals surface area contributed by atoms with E-state index in [1.54, 1.807) is 7.11 Å². The second kappa shape index (κ2) is 4.55. The molecule has 2 bridgehead atoms. The third kappa shape index (κ3) is 2.15. The molecule has 0 saturated heterocycles. The maximum absolute atomic E-state index is 11.6. The Balaban J connectivity index is 0.000000980. The van der Waals surface area contributed by atoms with E-state index in [2.05, 4.69) is 0 Å². The van der Waals surface area contributed by atoms with Gasteiger partial charge >= 0.3 is 0 Å². The fourth-order valence-corrected chi connectivity index (χ4v) is 2.50. The van der Waals surface area contributed by atoms with Crippen molar-refractivity contribution in [3.63, 3.8) is 0 Å². The summed E-state index contributed by atoms with van der Waals surface area (Å²) in [7, 11) is 1.63. The largest absolute Gasteiger partial charge is 0.379 e. The summed E-state index contributed by atoms with van der Waals surface area (Å²) in [6.45, 7) is 0. The van der Waals surface area contributed by atoms with Crippen LogP contribution in [0.15, 0.2) is 0 Å². The summed E-state index contributed by atoms with van der Waals surface area (Å²) in [4.78, 5) is 11.6. The quantitative estimate of drug-likeness (QED) is 0.712. The lowest BCUT2D eigenvalue weighted by Gasteiger charge is -2.52. The van der Waals surface area contributed by atoms with E-state index < -0.39 is 11.1 Å². The Hall–Kier alpha value is 0.130. The predicted octanol–water partition coefficient (Wildman–Crippen LogP) is 0.397. The van der Waals surface area contributed by atoms with Crippen LogP contribution in [0.4, 0.5) is 0 Å². The highest BCUT2D eigenvalue weighted by molar-refractivity contribution is 5.91. The third-order valence-corrected chi connectivity index (χ3v) is 3.56. The van der Waals surface area contributed by atoms with Gasteiger partial charge in [-0.05, 0) is 12.8 Å². The number of nitrogens with two attached hydrogens (primary N) is 2. The Bertz CT molecular complexity index is 264. The topological polar surface area (TPSA) is 78.3 Å². The minimum absolute atomic E-state index is 0. The van der Waals surface area contributed by atoms with Crippen molar-refractivity contribution in [2.75, 3.05) is 7.11 Å². The molecule has 6 heteroatoms. The van der Waals surface area contributed by atoms with Crippen LogP contribution in [0, 0.1) is 0 Å². The van der Waals surface area contributed by atoms with Gasteiger partial charge in [0.15, 0.2) is 5.78 Å². The van der Waals surface area contributed by atoms with Crippen LogP contribution in [0.2, 0.25) is 0 Å². The summed E-state index contributed by atoms with van der Waals surface area (Å²) in [6.07, 6.45) is 2.42. The number of ketones is 1. The van der Waals surface area contributed by atoms with Gasteiger partial charge in [0, 0.05) is 25.5 Å². The number of ether oxygens (including phenoxy) is 1. The van der Waals surface area contributed by atoms with E-state index in [4.69, 9.17) is 16.2 Å². The molecule has 3 saturated carbocycles. The molecule has 3 atom stereocenters. The number of rotatable bonds is 1. The van der Waals surface area contributed by atoms with Crippen LogP contribution in [0.3, 0.4) is 0 Å². The van der Waals surface area contributed by atoms with Crippen molar-refractivity contribution in [2.45, 2.75) is 42.9 Å². The number of carbonyl (C=O) groups excluding carboxylic acids is 1. The zero-order chi connectivity index (χ0) is 9.69. The first-order valence-corrected chi connectivity index (χ1v) is 4.64. The molecule has 0 aromatic rings. The van der Waals surface area contributed by atoms with Gasteiger partial charge in [-0.2, -0.15) is 0 Å². The van der Waals surface area contributed by atoms with Crippen molar-refractivity contribution in [2.24, 2.45) is 11.5 Å². The van der Waals surface area contributed by atoms with Crippen molar-refractivity contribution in [1.29, 1.82) is 0 Å². The summed E-state index contributed by atoms with van der Waals surface area (Å²) in [6, 6.07) is 0. The normalized spacial score (nSPS) is 43.1. The molecule has 0 aromatic carbocycles. The number of fused-ring (bicyclic) bond motifs is 3. The first-order valence-electron chi connectivity index (χ1n) is 4.64. The highest BCUT2D eigenvalue weighted by Crippen LogP contribution is 2.43. The highest BCUT2D eigenvalue weighted by atomic mass is 35.5. The Kier molecular flexibility index (Phi) is 4.59.